The first kappa shape index (κ1) is 18.8. The molecule has 11 heteroatoms. The third kappa shape index (κ3) is 3.36. The summed E-state index contributed by atoms with van der Waals surface area (Å²) in [6.07, 6.45) is -2.96. The zero-order valence-electron chi connectivity index (χ0n) is 14.6. The molecule has 1 saturated heterocycles. The van der Waals surface area contributed by atoms with Gasteiger partial charge in [-0.3, -0.25) is 4.57 Å². The molecule has 28 heavy (non-hydrogen) atoms. The van der Waals surface area contributed by atoms with Gasteiger partial charge < -0.3 is 31.1 Å². The summed E-state index contributed by atoms with van der Waals surface area (Å²) >= 11 is 5.99. The van der Waals surface area contributed by atoms with Crippen LogP contribution in [0, 0.1) is 0 Å². The van der Waals surface area contributed by atoms with E-state index < -0.39 is 31.1 Å². The number of nitrogen functional groups attached to an aromatic ring is 1. The largest absolute Gasteiger partial charge is 0.394 e. The average molecular weight is 407 g/mol. The van der Waals surface area contributed by atoms with Crippen LogP contribution in [0.25, 0.3) is 11.2 Å². The molecule has 148 valence electrons. The molecule has 0 spiro atoms. The number of hydrogen-bond acceptors (Lipinski definition) is 9. The third-order valence-corrected chi connectivity index (χ3v) is 4.81. The average Bonchev–Trinajstić information content (AvgIpc) is 3.22. The van der Waals surface area contributed by atoms with Crippen LogP contribution in [0.2, 0.25) is 5.02 Å². The molecule has 4 rings (SSSR count). The molecule has 0 amide bonds. The van der Waals surface area contributed by atoms with E-state index in [0.717, 1.165) is 5.56 Å². The van der Waals surface area contributed by atoms with E-state index in [2.05, 4.69) is 20.3 Å². The number of anilines is 2. The van der Waals surface area contributed by atoms with Gasteiger partial charge >= 0.3 is 0 Å². The summed E-state index contributed by atoms with van der Waals surface area (Å²) < 4.78 is 7.01. The van der Waals surface area contributed by atoms with E-state index in [-0.39, 0.29) is 11.8 Å². The molecule has 1 unspecified atom stereocenters. The number of rotatable bonds is 5. The van der Waals surface area contributed by atoms with E-state index in [9.17, 15) is 15.3 Å². The normalized spacial score (nSPS) is 24.7. The highest BCUT2D eigenvalue weighted by molar-refractivity contribution is 6.30. The van der Waals surface area contributed by atoms with Crippen LogP contribution in [0.1, 0.15) is 11.8 Å². The molecule has 4 atom stereocenters. The lowest BCUT2D eigenvalue weighted by Crippen LogP contribution is -2.33. The molecule has 0 radical (unpaired) electrons. The van der Waals surface area contributed by atoms with Gasteiger partial charge in [-0.05, 0) is 17.7 Å². The number of halogens is 1. The van der Waals surface area contributed by atoms with E-state index in [4.69, 9.17) is 22.1 Å². The SMILES string of the molecule is Nc1nc(NCc2cccc(Cl)c2)nc2c1ncn2C1O[C@H](CO)[C@@H](O)[C@H]1O. The highest BCUT2D eigenvalue weighted by Crippen LogP contribution is 2.32. The van der Waals surface area contributed by atoms with Gasteiger partial charge in [0, 0.05) is 11.6 Å². The molecule has 1 aromatic carbocycles. The number of benzene rings is 1. The summed E-state index contributed by atoms with van der Waals surface area (Å²) in [6.45, 7) is -0.00157. The molecule has 0 aliphatic carbocycles. The monoisotopic (exact) mass is 406 g/mol. The van der Waals surface area contributed by atoms with Crippen molar-refractivity contribution in [3.8, 4) is 0 Å². The Bertz CT molecular complexity index is 999. The van der Waals surface area contributed by atoms with Crippen LogP contribution in [-0.4, -0.2) is 59.8 Å². The fraction of sp³-hybridized carbons (Fsp3) is 0.353. The Kier molecular flexibility index (Phi) is 5.04. The number of imidazole rings is 1. The quantitative estimate of drug-likeness (QED) is 0.402. The van der Waals surface area contributed by atoms with Crippen LogP contribution in [0.5, 0.6) is 0 Å². The maximum atomic E-state index is 10.3. The van der Waals surface area contributed by atoms with Crippen molar-refractivity contribution in [2.45, 2.75) is 31.1 Å². The van der Waals surface area contributed by atoms with Gasteiger partial charge in [-0.1, -0.05) is 23.7 Å². The second-order valence-corrected chi connectivity index (χ2v) is 6.91. The fourth-order valence-electron chi connectivity index (χ4n) is 3.14. The summed E-state index contributed by atoms with van der Waals surface area (Å²) in [7, 11) is 0. The molecule has 1 aliphatic rings. The molecule has 10 nitrogen and oxygen atoms in total. The van der Waals surface area contributed by atoms with Crippen LogP contribution >= 0.6 is 11.6 Å². The zero-order chi connectivity index (χ0) is 19.8. The number of nitrogens with zero attached hydrogens (tertiary/aromatic N) is 4. The second kappa shape index (κ2) is 7.49. The highest BCUT2D eigenvalue weighted by Gasteiger charge is 2.44. The first-order valence-corrected chi connectivity index (χ1v) is 8.96. The summed E-state index contributed by atoms with van der Waals surface area (Å²) in [5.74, 6) is 0.419. The predicted molar refractivity (Wildman–Crippen MR) is 102 cm³/mol. The fourth-order valence-corrected chi connectivity index (χ4v) is 3.35. The molecule has 1 fully saturated rings. The van der Waals surface area contributed by atoms with E-state index in [1.54, 1.807) is 6.07 Å². The van der Waals surface area contributed by atoms with Gasteiger partial charge in [-0.25, -0.2) is 4.98 Å². The molecule has 3 heterocycles. The van der Waals surface area contributed by atoms with Gasteiger partial charge in [0.15, 0.2) is 17.7 Å². The molecule has 2 aromatic heterocycles. The number of aliphatic hydroxyl groups excluding tert-OH is 3. The van der Waals surface area contributed by atoms with Crippen LogP contribution in [0.3, 0.4) is 0 Å². The standard InChI is InChI=1S/C17H19ClN6O4/c18-9-3-1-2-8(4-9)5-20-17-22-14(19)11-15(23-17)24(7-21-11)16-13(27)12(26)10(6-25)28-16/h1-4,7,10,12-13,16,25-27H,5-6H2,(H3,19,20,22,23)/t10-,12-,13-,16?/m1/s1. The van der Waals surface area contributed by atoms with Gasteiger partial charge in [-0.2, -0.15) is 9.97 Å². The minimum absolute atomic E-state index is 0.157. The van der Waals surface area contributed by atoms with Crippen molar-refractivity contribution in [2.75, 3.05) is 17.7 Å². The van der Waals surface area contributed by atoms with Gasteiger partial charge in [0.25, 0.3) is 0 Å². The molecule has 0 saturated carbocycles. The number of ether oxygens (including phenoxy) is 1. The Morgan fingerprint density at radius 3 is 2.79 bits per heavy atom. The summed E-state index contributed by atoms with van der Waals surface area (Å²) in [4.78, 5) is 12.8. The Morgan fingerprint density at radius 1 is 1.25 bits per heavy atom. The van der Waals surface area contributed by atoms with Gasteiger partial charge in [0.2, 0.25) is 5.95 Å². The number of fused-ring (bicyclic) bond motifs is 1. The lowest BCUT2D eigenvalue weighted by atomic mass is 10.1. The summed E-state index contributed by atoms with van der Waals surface area (Å²) in [6, 6.07) is 7.35. The Balaban J connectivity index is 1.63. The van der Waals surface area contributed by atoms with Crippen molar-refractivity contribution in [3.05, 3.63) is 41.2 Å². The van der Waals surface area contributed by atoms with E-state index >= 15 is 0 Å². The summed E-state index contributed by atoms with van der Waals surface area (Å²) in [5, 5.41) is 33.2. The molecule has 6 N–H and O–H groups in total. The molecule has 0 bridgehead atoms. The van der Waals surface area contributed by atoms with Crippen LogP contribution < -0.4 is 11.1 Å². The van der Waals surface area contributed by atoms with E-state index in [1.807, 2.05) is 18.2 Å². The van der Waals surface area contributed by atoms with Crippen molar-refractivity contribution in [3.63, 3.8) is 0 Å². The Hall–Kier alpha value is -2.50. The first-order valence-electron chi connectivity index (χ1n) is 8.58. The minimum Gasteiger partial charge on any atom is -0.394 e. The maximum absolute atomic E-state index is 10.3. The number of aliphatic hydroxyl groups is 3. The molecule has 1 aliphatic heterocycles. The molecular formula is C17H19ClN6O4. The van der Waals surface area contributed by atoms with Crippen LogP contribution in [0.15, 0.2) is 30.6 Å². The minimum atomic E-state index is -1.26. The Labute approximate surface area is 164 Å². The number of nitrogens with two attached hydrogens (primary N) is 1. The molecule has 3 aromatic rings. The van der Waals surface area contributed by atoms with Crippen LogP contribution in [-0.2, 0) is 11.3 Å². The number of hydrogen-bond donors (Lipinski definition) is 5. The zero-order valence-corrected chi connectivity index (χ0v) is 15.4. The predicted octanol–water partition coefficient (Wildman–Crippen LogP) is 0.285. The van der Waals surface area contributed by atoms with Crippen molar-refractivity contribution < 1.29 is 20.1 Å². The molecular weight excluding hydrogens is 388 g/mol. The van der Waals surface area contributed by atoms with Crippen molar-refractivity contribution >= 4 is 34.5 Å². The second-order valence-electron chi connectivity index (χ2n) is 6.47. The maximum Gasteiger partial charge on any atom is 0.227 e. The lowest BCUT2D eigenvalue weighted by Gasteiger charge is -2.17. The van der Waals surface area contributed by atoms with E-state index in [0.29, 0.717) is 22.7 Å². The van der Waals surface area contributed by atoms with Gasteiger partial charge in [0.1, 0.15) is 23.8 Å². The van der Waals surface area contributed by atoms with Crippen molar-refractivity contribution in [1.29, 1.82) is 0 Å². The topological polar surface area (TPSA) is 152 Å². The number of nitrogens with one attached hydrogen (secondary N) is 1. The Morgan fingerprint density at radius 2 is 2.07 bits per heavy atom. The van der Waals surface area contributed by atoms with Crippen molar-refractivity contribution in [1.82, 2.24) is 19.5 Å². The number of aromatic nitrogens is 4. The highest BCUT2D eigenvalue weighted by atomic mass is 35.5. The van der Waals surface area contributed by atoms with Gasteiger partial charge in [0.05, 0.1) is 12.9 Å². The van der Waals surface area contributed by atoms with Crippen LogP contribution in [0.4, 0.5) is 11.8 Å². The van der Waals surface area contributed by atoms with E-state index in [1.165, 1.54) is 10.9 Å². The van der Waals surface area contributed by atoms with Gasteiger partial charge in [-0.15, -0.1) is 0 Å². The van der Waals surface area contributed by atoms with Crippen molar-refractivity contribution in [2.24, 2.45) is 0 Å². The third-order valence-electron chi connectivity index (χ3n) is 4.58. The lowest BCUT2D eigenvalue weighted by molar-refractivity contribution is -0.0511. The smallest absolute Gasteiger partial charge is 0.227 e. The summed E-state index contributed by atoms with van der Waals surface area (Å²) in [5.41, 5.74) is 7.60. The first-order chi connectivity index (χ1) is 13.5.